The summed E-state index contributed by atoms with van der Waals surface area (Å²) in [6, 6.07) is 8.43. The van der Waals surface area contributed by atoms with E-state index < -0.39 is 0 Å². The van der Waals surface area contributed by atoms with Gasteiger partial charge in [0.15, 0.2) is 0 Å². The van der Waals surface area contributed by atoms with Crippen molar-refractivity contribution in [3.63, 3.8) is 0 Å². The second kappa shape index (κ2) is 4.91. The zero-order valence-electron chi connectivity index (χ0n) is 7.91. The van der Waals surface area contributed by atoms with Gasteiger partial charge in [-0.25, -0.2) is 0 Å². The highest BCUT2D eigenvalue weighted by Gasteiger charge is 2.22. The molecular formula is C11H13BrO2. The van der Waals surface area contributed by atoms with Crippen LogP contribution >= 0.6 is 15.9 Å². The number of hydrogen-bond donors (Lipinski definition) is 0. The average Bonchev–Trinajstić information content (AvgIpc) is 3.03. The molecule has 1 aromatic carbocycles. The number of epoxide rings is 1. The van der Waals surface area contributed by atoms with Crippen LogP contribution in [0, 0.1) is 0 Å². The number of rotatable bonds is 5. The van der Waals surface area contributed by atoms with Crippen molar-refractivity contribution in [1.29, 1.82) is 0 Å². The molecule has 76 valence electrons. The minimum absolute atomic E-state index is 0.358. The van der Waals surface area contributed by atoms with Gasteiger partial charge in [0.05, 0.1) is 19.8 Å². The standard InChI is InChI=1S/C11H13BrO2/c12-5-9-1-3-10(4-2-9)6-13-7-11-8-14-11/h1-4,11H,5-8H2. The Bertz CT molecular complexity index is 280. The molecular weight excluding hydrogens is 244 g/mol. The third-order valence-electron chi connectivity index (χ3n) is 2.15. The molecule has 2 rings (SSSR count). The first kappa shape index (κ1) is 10.1. The average molecular weight is 257 g/mol. The molecule has 1 aliphatic rings. The summed E-state index contributed by atoms with van der Waals surface area (Å²) in [5.41, 5.74) is 2.51. The van der Waals surface area contributed by atoms with Crippen LogP contribution in [0.1, 0.15) is 11.1 Å². The van der Waals surface area contributed by atoms with Gasteiger partial charge in [-0.15, -0.1) is 0 Å². The summed E-state index contributed by atoms with van der Waals surface area (Å²) < 4.78 is 10.5. The highest BCUT2D eigenvalue weighted by atomic mass is 79.9. The Morgan fingerprint density at radius 1 is 1.29 bits per heavy atom. The molecule has 14 heavy (non-hydrogen) atoms. The Hall–Kier alpha value is -0.380. The Balaban J connectivity index is 1.77. The molecule has 1 atom stereocenters. The van der Waals surface area contributed by atoms with E-state index >= 15 is 0 Å². The first-order valence-corrected chi connectivity index (χ1v) is 5.84. The smallest absolute Gasteiger partial charge is 0.104 e. The van der Waals surface area contributed by atoms with Crippen molar-refractivity contribution in [3.05, 3.63) is 35.4 Å². The summed E-state index contributed by atoms with van der Waals surface area (Å²) in [4.78, 5) is 0. The van der Waals surface area contributed by atoms with E-state index in [1.807, 2.05) is 0 Å². The van der Waals surface area contributed by atoms with E-state index in [1.54, 1.807) is 0 Å². The molecule has 3 heteroatoms. The Labute approximate surface area is 92.3 Å². The molecule has 0 radical (unpaired) electrons. The molecule has 0 bridgehead atoms. The lowest BCUT2D eigenvalue weighted by Crippen LogP contribution is -2.01. The number of hydrogen-bond acceptors (Lipinski definition) is 2. The topological polar surface area (TPSA) is 21.8 Å². The van der Waals surface area contributed by atoms with Gasteiger partial charge in [-0.1, -0.05) is 40.2 Å². The minimum atomic E-state index is 0.358. The maximum absolute atomic E-state index is 5.48. The quantitative estimate of drug-likeness (QED) is 0.597. The van der Waals surface area contributed by atoms with Crippen molar-refractivity contribution in [2.24, 2.45) is 0 Å². The molecule has 0 aliphatic carbocycles. The summed E-state index contributed by atoms with van der Waals surface area (Å²) in [7, 11) is 0. The predicted molar refractivity (Wildman–Crippen MR) is 58.5 cm³/mol. The Morgan fingerprint density at radius 3 is 2.50 bits per heavy atom. The molecule has 1 heterocycles. The van der Waals surface area contributed by atoms with E-state index in [1.165, 1.54) is 11.1 Å². The predicted octanol–water partition coefficient (Wildman–Crippen LogP) is 2.50. The SMILES string of the molecule is BrCc1ccc(COCC2CO2)cc1. The lowest BCUT2D eigenvalue weighted by atomic mass is 10.2. The van der Waals surface area contributed by atoms with Crippen molar-refractivity contribution in [2.75, 3.05) is 13.2 Å². The van der Waals surface area contributed by atoms with E-state index in [0.717, 1.165) is 18.5 Å². The van der Waals surface area contributed by atoms with Gasteiger partial charge in [0.25, 0.3) is 0 Å². The van der Waals surface area contributed by atoms with E-state index in [4.69, 9.17) is 9.47 Å². The number of ether oxygens (including phenoxy) is 2. The molecule has 1 aromatic rings. The molecule has 1 saturated heterocycles. The van der Waals surface area contributed by atoms with Gasteiger partial charge in [-0.05, 0) is 11.1 Å². The summed E-state index contributed by atoms with van der Waals surface area (Å²) in [6.07, 6.45) is 0.358. The molecule has 0 aromatic heterocycles. The summed E-state index contributed by atoms with van der Waals surface area (Å²) in [5.74, 6) is 0. The zero-order valence-corrected chi connectivity index (χ0v) is 9.50. The number of benzene rings is 1. The fraction of sp³-hybridized carbons (Fsp3) is 0.455. The van der Waals surface area contributed by atoms with E-state index in [2.05, 4.69) is 40.2 Å². The van der Waals surface area contributed by atoms with Crippen LogP contribution in [0.25, 0.3) is 0 Å². The van der Waals surface area contributed by atoms with E-state index in [-0.39, 0.29) is 0 Å². The number of halogens is 1. The van der Waals surface area contributed by atoms with E-state index in [9.17, 15) is 0 Å². The third kappa shape index (κ3) is 3.08. The maximum atomic E-state index is 5.48. The summed E-state index contributed by atoms with van der Waals surface area (Å²) in [6.45, 7) is 2.27. The first-order valence-electron chi connectivity index (χ1n) is 4.71. The molecule has 0 amide bonds. The van der Waals surface area contributed by atoms with Crippen LogP contribution in [0.4, 0.5) is 0 Å². The molecule has 0 saturated carbocycles. The van der Waals surface area contributed by atoms with Gasteiger partial charge in [-0.3, -0.25) is 0 Å². The van der Waals surface area contributed by atoms with Gasteiger partial charge >= 0.3 is 0 Å². The largest absolute Gasteiger partial charge is 0.374 e. The molecule has 0 N–H and O–H groups in total. The highest BCUT2D eigenvalue weighted by molar-refractivity contribution is 9.08. The second-order valence-electron chi connectivity index (χ2n) is 3.42. The van der Waals surface area contributed by atoms with E-state index in [0.29, 0.717) is 12.7 Å². The van der Waals surface area contributed by atoms with Crippen LogP contribution < -0.4 is 0 Å². The molecule has 1 fully saturated rings. The monoisotopic (exact) mass is 256 g/mol. The normalized spacial score (nSPS) is 19.6. The summed E-state index contributed by atoms with van der Waals surface area (Å²) >= 11 is 3.41. The van der Waals surface area contributed by atoms with Crippen LogP contribution in [0.15, 0.2) is 24.3 Å². The van der Waals surface area contributed by atoms with Crippen molar-refractivity contribution in [2.45, 2.75) is 18.0 Å². The number of alkyl halides is 1. The van der Waals surface area contributed by atoms with Gasteiger partial charge in [0, 0.05) is 5.33 Å². The maximum Gasteiger partial charge on any atom is 0.104 e. The minimum Gasteiger partial charge on any atom is -0.374 e. The highest BCUT2D eigenvalue weighted by Crippen LogP contribution is 2.12. The Kier molecular flexibility index (Phi) is 3.56. The second-order valence-corrected chi connectivity index (χ2v) is 3.98. The van der Waals surface area contributed by atoms with Crippen LogP contribution in [-0.4, -0.2) is 19.3 Å². The van der Waals surface area contributed by atoms with Crippen LogP contribution in [0.5, 0.6) is 0 Å². The fourth-order valence-corrected chi connectivity index (χ4v) is 1.57. The van der Waals surface area contributed by atoms with Crippen LogP contribution in [0.3, 0.4) is 0 Å². The van der Waals surface area contributed by atoms with Crippen molar-refractivity contribution < 1.29 is 9.47 Å². The van der Waals surface area contributed by atoms with Gasteiger partial charge in [0.2, 0.25) is 0 Å². The van der Waals surface area contributed by atoms with Crippen LogP contribution in [-0.2, 0) is 21.4 Å². The Morgan fingerprint density at radius 2 is 1.93 bits per heavy atom. The van der Waals surface area contributed by atoms with Crippen molar-refractivity contribution >= 4 is 15.9 Å². The van der Waals surface area contributed by atoms with Gasteiger partial charge < -0.3 is 9.47 Å². The molecule has 2 nitrogen and oxygen atoms in total. The molecule has 0 spiro atoms. The van der Waals surface area contributed by atoms with Crippen LogP contribution in [0.2, 0.25) is 0 Å². The molecule has 1 unspecified atom stereocenters. The van der Waals surface area contributed by atoms with Gasteiger partial charge in [-0.2, -0.15) is 0 Å². The van der Waals surface area contributed by atoms with Crippen molar-refractivity contribution in [3.8, 4) is 0 Å². The molecule has 1 aliphatic heterocycles. The first-order chi connectivity index (χ1) is 6.88. The third-order valence-corrected chi connectivity index (χ3v) is 2.80. The lowest BCUT2D eigenvalue weighted by molar-refractivity contribution is 0.104. The lowest BCUT2D eigenvalue weighted by Gasteiger charge is -2.03. The zero-order chi connectivity index (χ0) is 9.80. The van der Waals surface area contributed by atoms with Crippen molar-refractivity contribution in [1.82, 2.24) is 0 Å². The summed E-state index contributed by atoms with van der Waals surface area (Å²) in [5, 5.41) is 0.907. The van der Waals surface area contributed by atoms with Gasteiger partial charge in [0.1, 0.15) is 6.10 Å². The fourth-order valence-electron chi connectivity index (χ4n) is 1.20.